The predicted octanol–water partition coefficient (Wildman–Crippen LogP) is 2.27. The third-order valence-corrected chi connectivity index (χ3v) is 4.47. The van der Waals surface area contributed by atoms with Gasteiger partial charge in [0.2, 0.25) is 11.7 Å². The average molecular weight is 414 g/mol. The summed E-state index contributed by atoms with van der Waals surface area (Å²) in [4.78, 5) is 39.6. The monoisotopic (exact) mass is 414 g/mol. The topological polar surface area (TPSA) is 123 Å². The highest BCUT2D eigenvalue weighted by Gasteiger charge is 2.13. The van der Waals surface area contributed by atoms with Gasteiger partial charge >= 0.3 is 5.97 Å². The van der Waals surface area contributed by atoms with Crippen molar-refractivity contribution >= 4 is 34.8 Å². The molecule has 150 valence electrons. The molecule has 2 aromatic heterocycles. The van der Waals surface area contributed by atoms with Gasteiger partial charge in [-0.3, -0.25) is 14.4 Å². The summed E-state index contributed by atoms with van der Waals surface area (Å²) in [5.41, 5.74) is 1.69. The first kappa shape index (κ1) is 20.2. The van der Waals surface area contributed by atoms with Crippen LogP contribution in [0.5, 0.6) is 0 Å². The molecule has 1 aromatic carbocycles. The van der Waals surface area contributed by atoms with E-state index >= 15 is 0 Å². The second-order valence-electron chi connectivity index (χ2n) is 5.89. The Morgan fingerprint density at radius 3 is 2.86 bits per heavy atom. The fraction of sp³-hybridized carbons (Fsp3) is 0.211. The van der Waals surface area contributed by atoms with Crippen LogP contribution in [0.4, 0.5) is 5.69 Å². The molecule has 0 atom stereocenters. The van der Waals surface area contributed by atoms with Crippen LogP contribution in [-0.4, -0.2) is 41.6 Å². The highest BCUT2D eigenvalue weighted by molar-refractivity contribution is 7.08. The fourth-order valence-electron chi connectivity index (χ4n) is 2.37. The van der Waals surface area contributed by atoms with E-state index < -0.39 is 18.5 Å². The first-order valence-corrected chi connectivity index (χ1v) is 9.62. The molecule has 0 saturated carbocycles. The van der Waals surface area contributed by atoms with Crippen molar-refractivity contribution in [2.75, 3.05) is 19.0 Å². The van der Waals surface area contributed by atoms with Crippen LogP contribution in [0.15, 0.2) is 45.6 Å². The maximum atomic E-state index is 11.9. The summed E-state index contributed by atoms with van der Waals surface area (Å²) in [6.45, 7) is -0.437. The van der Waals surface area contributed by atoms with Crippen molar-refractivity contribution in [3.05, 3.63) is 52.5 Å². The van der Waals surface area contributed by atoms with Crippen molar-refractivity contribution in [2.45, 2.75) is 12.8 Å². The van der Waals surface area contributed by atoms with E-state index in [1.807, 2.05) is 16.8 Å². The number of aryl methyl sites for hydroxylation is 1. The Morgan fingerprint density at radius 1 is 1.24 bits per heavy atom. The minimum absolute atomic E-state index is 0.00467. The number of esters is 1. The van der Waals surface area contributed by atoms with Crippen molar-refractivity contribution in [1.82, 2.24) is 15.5 Å². The van der Waals surface area contributed by atoms with Gasteiger partial charge in [0.1, 0.15) is 0 Å². The highest BCUT2D eigenvalue weighted by Crippen LogP contribution is 2.19. The standard InChI is InChI=1S/C19H18N4O5S/c1-20-19(26)12-3-2-4-14(9-12)21-15(24)10-27-17(25)6-5-16-22-18(23-28-16)13-7-8-29-11-13/h2-4,7-9,11H,5-6,10H2,1H3,(H,20,26)(H,21,24). The molecule has 0 spiro atoms. The van der Waals surface area contributed by atoms with Gasteiger partial charge in [0.05, 0.1) is 6.42 Å². The Bertz CT molecular complexity index is 1000. The Kier molecular flexibility index (Phi) is 6.69. The second kappa shape index (κ2) is 9.60. The number of carbonyl (C=O) groups excluding carboxylic acids is 3. The highest BCUT2D eigenvalue weighted by atomic mass is 32.1. The van der Waals surface area contributed by atoms with E-state index in [1.54, 1.807) is 18.2 Å². The van der Waals surface area contributed by atoms with E-state index in [4.69, 9.17) is 9.26 Å². The van der Waals surface area contributed by atoms with Crippen LogP contribution < -0.4 is 10.6 Å². The third kappa shape index (κ3) is 5.72. The Balaban J connectivity index is 1.42. The molecule has 0 fully saturated rings. The molecule has 2 N–H and O–H groups in total. The molecule has 0 radical (unpaired) electrons. The number of ether oxygens (including phenoxy) is 1. The summed E-state index contributed by atoms with van der Waals surface area (Å²) >= 11 is 1.52. The van der Waals surface area contributed by atoms with E-state index in [0.717, 1.165) is 5.56 Å². The van der Waals surface area contributed by atoms with Gasteiger partial charge in [-0.05, 0) is 29.6 Å². The average Bonchev–Trinajstić information content (AvgIpc) is 3.42. The molecule has 3 aromatic rings. The van der Waals surface area contributed by atoms with Crippen LogP contribution in [0.25, 0.3) is 11.4 Å². The number of nitrogens with zero attached hydrogens (tertiary/aromatic N) is 2. The minimum Gasteiger partial charge on any atom is -0.456 e. The number of anilines is 1. The fourth-order valence-corrected chi connectivity index (χ4v) is 3.01. The molecule has 2 heterocycles. The zero-order valence-electron chi connectivity index (χ0n) is 15.5. The molecule has 0 unspecified atom stereocenters. The summed E-state index contributed by atoms with van der Waals surface area (Å²) in [5, 5.41) is 12.7. The van der Waals surface area contributed by atoms with Crippen LogP contribution in [0.1, 0.15) is 22.7 Å². The zero-order chi connectivity index (χ0) is 20.6. The van der Waals surface area contributed by atoms with Crippen LogP contribution in [0.2, 0.25) is 0 Å². The number of hydrogen-bond donors (Lipinski definition) is 2. The second-order valence-corrected chi connectivity index (χ2v) is 6.67. The molecule has 3 rings (SSSR count). The number of hydrogen-bond acceptors (Lipinski definition) is 8. The lowest BCUT2D eigenvalue weighted by Crippen LogP contribution is -2.22. The lowest BCUT2D eigenvalue weighted by Gasteiger charge is -2.07. The van der Waals surface area contributed by atoms with Gasteiger partial charge in [-0.1, -0.05) is 11.2 Å². The molecule has 0 aliphatic carbocycles. The summed E-state index contributed by atoms with van der Waals surface area (Å²) in [5.74, 6) is -0.554. The number of benzene rings is 1. The van der Waals surface area contributed by atoms with E-state index in [0.29, 0.717) is 23.0 Å². The van der Waals surface area contributed by atoms with Gasteiger partial charge in [-0.25, -0.2) is 0 Å². The first-order chi connectivity index (χ1) is 14.0. The summed E-state index contributed by atoms with van der Waals surface area (Å²) in [6.07, 6.45) is 0.219. The van der Waals surface area contributed by atoms with Gasteiger partial charge in [0.15, 0.2) is 6.61 Å². The normalized spacial score (nSPS) is 10.4. The van der Waals surface area contributed by atoms with Gasteiger partial charge in [0, 0.05) is 35.7 Å². The zero-order valence-corrected chi connectivity index (χ0v) is 16.3. The number of aromatic nitrogens is 2. The van der Waals surface area contributed by atoms with E-state index in [9.17, 15) is 14.4 Å². The lowest BCUT2D eigenvalue weighted by molar-refractivity contribution is -0.147. The van der Waals surface area contributed by atoms with Gasteiger partial charge in [-0.2, -0.15) is 16.3 Å². The van der Waals surface area contributed by atoms with Crippen molar-refractivity contribution in [3.8, 4) is 11.4 Å². The van der Waals surface area contributed by atoms with E-state index in [1.165, 1.54) is 24.5 Å². The molecule has 10 heteroatoms. The maximum Gasteiger partial charge on any atom is 0.306 e. The largest absolute Gasteiger partial charge is 0.456 e. The van der Waals surface area contributed by atoms with Crippen LogP contribution >= 0.6 is 11.3 Å². The third-order valence-electron chi connectivity index (χ3n) is 3.79. The molecule has 0 aliphatic heterocycles. The Morgan fingerprint density at radius 2 is 2.10 bits per heavy atom. The van der Waals surface area contributed by atoms with E-state index in [2.05, 4.69) is 20.8 Å². The molecular weight excluding hydrogens is 396 g/mol. The summed E-state index contributed by atoms with van der Waals surface area (Å²) in [7, 11) is 1.52. The van der Waals surface area contributed by atoms with Crippen LogP contribution in [0.3, 0.4) is 0 Å². The molecule has 0 bridgehead atoms. The minimum atomic E-state index is -0.561. The number of carbonyl (C=O) groups is 3. The van der Waals surface area contributed by atoms with Crippen LogP contribution in [0, 0.1) is 0 Å². The van der Waals surface area contributed by atoms with Gasteiger partial charge in [0.25, 0.3) is 11.8 Å². The molecule has 0 aliphatic rings. The lowest BCUT2D eigenvalue weighted by atomic mass is 10.2. The van der Waals surface area contributed by atoms with Crippen molar-refractivity contribution < 1.29 is 23.6 Å². The van der Waals surface area contributed by atoms with Crippen LogP contribution in [-0.2, 0) is 20.7 Å². The SMILES string of the molecule is CNC(=O)c1cccc(NC(=O)COC(=O)CCc2nc(-c3ccsc3)no2)c1. The molecule has 29 heavy (non-hydrogen) atoms. The summed E-state index contributed by atoms with van der Waals surface area (Å²) < 4.78 is 10.1. The summed E-state index contributed by atoms with van der Waals surface area (Å²) in [6, 6.07) is 8.29. The molecule has 9 nitrogen and oxygen atoms in total. The smallest absolute Gasteiger partial charge is 0.306 e. The first-order valence-electron chi connectivity index (χ1n) is 8.68. The molecule has 2 amide bonds. The van der Waals surface area contributed by atoms with E-state index in [-0.39, 0.29) is 18.7 Å². The van der Waals surface area contributed by atoms with Crippen molar-refractivity contribution in [3.63, 3.8) is 0 Å². The Labute approximate surface area is 170 Å². The van der Waals surface area contributed by atoms with Gasteiger partial charge < -0.3 is 19.9 Å². The quantitative estimate of drug-likeness (QED) is 0.542. The van der Waals surface area contributed by atoms with Crippen molar-refractivity contribution in [1.29, 1.82) is 0 Å². The number of rotatable bonds is 8. The number of amides is 2. The van der Waals surface area contributed by atoms with Crippen molar-refractivity contribution in [2.24, 2.45) is 0 Å². The Hall–Kier alpha value is -3.53. The molecule has 0 saturated heterocycles. The maximum absolute atomic E-state index is 11.9. The number of nitrogens with one attached hydrogen (secondary N) is 2. The predicted molar refractivity (Wildman–Crippen MR) is 105 cm³/mol. The number of thiophene rings is 1. The van der Waals surface area contributed by atoms with Gasteiger partial charge in [-0.15, -0.1) is 0 Å². The molecular formula is C19H18N4O5S.